The quantitative estimate of drug-likeness (QED) is 0.509. The fraction of sp³-hybridized carbons (Fsp3) is 0.316. The topological polar surface area (TPSA) is 89.3 Å². The van der Waals surface area contributed by atoms with Gasteiger partial charge in [-0.15, -0.1) is 16.4 Å². The molecule has 0 aliphatic heterocycles. The minimum atomic E-state index is -0.115. The molecular weight excluding hydrogens is 392 g/mol. The second kappa shape index (κ2) is 7.14. The Bertz CT molecular complexity index is 1240. The van der Waals surface area contributed by atoms with Crippen molar-refractivity contribution in [3.05, 3.63) is 55.9 Å². The highest BCUT2D eigenvalue weighted by atomic mass is 32.2. The van der Waals surface area contributed by atoms with Crippen molar-refractivity contribution in [3.63, 3.8) is 0 Å². The van der Waals surface area contributed by atoms with Gasteiger partial charge in [0.2, 0.25) is 5.16 Å². The van der Waals surface area contributed by atoms with Gasteiger partial charge in [-0.2, -0.15) is 4.68 Å². The molecule has 0 radical (unpaired) electrons. The van der Waals surface area contributed by atoms with Crippen LogP contribution < -0.4 is 5.56 Å². The molecule has 0 saturated carbocycles. The number of hydrogen-bond donors (Lipinski definition) is 1. The molecule has 9 heteroatoms. The van der Waals surface area contributed by atoms with E-state index in [1.165, 1.54) is 22.9 Å². The number of thioether (sulfide) groups is 1. The van der Waals surface area contributed by atoms with Crippen LogP contribution in [0.25, 0.3) is 15.9 Å². The van der Waals surface area contributed by atoms with E-state index in [0.717, 1.165) is 21.0 Å². The van der Waals surface area contributed by atoms with E-state index in [-0.39, 0.29) is 10.8 Å². The van der Waals surface area contributed by atoms with E-state index in [1.54, 1.807) is 16.0 Å². The van der Waals surface area contributed by atoms with Crippen LogP contribution in [0.15, 0.2) is 28.2 Å². The molecule has 0 unspecified atom stereocenters. The summed E-state index contributed by atoms with van der Waals surface area (Å²) in [6, 6.07) is 6.11. The first-order valence-electron chi connectivity index (χ1n) is 8.87. The standard InChI is InChI=1S/C19H20N6OS2/c1-9-6-7-14(8-10(9)2)25-19(22-23-24-25)28-13(5)16-20-17(26)15-11(3)12(4)27-18(15)21-16/h6-8,13H,1-5H3,(H,20,21,26)/t13-/m1/s1. The van der Waals surface area contributed by atoms with Crippen LogP contribution in [0, 0.1) is 27.7 Å². The van der Waals surface area contributed by atoms with Gasteiger partial charge in [0.05, 0.1) is 16.3 Å². The maximum absolute atomic E-state index is 12.6. The van der Waals surface area contributed by atoms with E-state index >= 15 is 0 Å². The first-order chi connectivity index (χ1) is 13.3. The Morgan fingerprint density at radius 2 is 1.96 bits per heavy atom. The smallest absolute Gasteiger partial charge is 0.259 e. The van der Waals surface area contributed by atoms with Crippen molar-refractivity contribution in [1.29, 1.82) is 0 Å². The third-order valence-electron chi connectivity index (χ3n) is 4.90. The van der Waals surface area contributed by atoms with E-state index < -0.39 is 0 Å². The average molecular weight is 413 g/mol. The summed E-state index contributed by atoms with van der Waals surface area (Å²) in [6.45, 7) is 10.1. The molecule has 0 spiro atoms. The molecule has 1 atom stereocenters. The molecule has 0 saturated heterocycles. The second-order valence-electron chi connectivity index (χ2n) is 6.82. The molecule has 1 aromatic carbocycles. The molecule has 3 heterocycles. The van der Waals surface area contributed by atoms with Gasteiger partial charge < -0.3 is 4.98 Å². The lowest BCUT2D eigenvalue weighted by Gasteiger charge is -2.11. The molecule has 28 heavy (non-hydrogen) atoms. The van der Waals surface area contributed by atoms with Gasteiger partial charge in [0.1, 0.15) is 10.7 Å². The highest BCUT2D eigenvalue weighted by molar-refractivity contribution is 7.99. The van der Waals surface area contributed by atoms with Crippen molar-refractivity contribution in [3.8, 4) is 5.69 Å². The van der Waals surface area contributed by atoms with Gasteiger partial charge in [0, 0.05) is 4.88 Å². The lowest BCUT2D eigenvalue weighted by molar-refractivity contribution is 0.753. The summed E-state index contributed by atoms with van der Waals surface area (Å²) >= 11 is 3.01. The summed E-state index contributed by atoms with van der Waals surface area (Å²) in [5, 5.41) is 13.3. The predicted molar refractivity (Wildman–Crippen MR) is 113 cm³/mol. The number of rotatable bonds is 4. The molecule has 0 amide bonds. The van der Waals surface area contributed by atoms with Gasteiger partial charge in [0.25, 0.3) is 5.56 Å². The number of aromatic amines is 1. The van der Waals surface area contributed by atoms with Crippen LogP contribution in [0.5, 0.6) is 0 Å². The molecule has 1 N–H and O–H groups in total. The minimum absolute atomic E-state index is 0.0944. The number of H-pyrrole nitrogens is 1. The van der Waals surface area contributed by atoms with Crippen LogP contribution in [0.4, 0.5) is 0 Å². The third-order valence-corrected chi connectivity index (χ3v) is 7.04. The summed E-state index contributed by atoms with van der Waals surface area (Å²) in [5.41, 5.74) is 4.21. The molecule has 4 aromatic rings. The molecule has 0 aliphatic carbocycles. The highest BCUT2D eigenvalue weighted by Gasteiger charge is 2.19. The van der Waals surface area contributed by atoms with Crippen molar-refractivity contribution in [2.45, 2.75) is 45.0 Å². The van der Waals surface area contributed by atoms with Gasteiger partial charge in [-0.1, -0.05) is 17.8 Å². The van der Waals surface area contributed by atoms with E-state index in [2.05, 4.69) is 46.5 Å². The summed E-state index contributed by atoms with van der Waals surface area (Å²) < 4.78 is 1.71. The number of nitrogens with zero attached hydrogens (tertiary/aromatic N) is 5. The molecular formula is C19H20N6OS2. The second-order valence-corrected chi connectivity index (χ2v) is 9.33. The lowest BCUT2D eigenvalue weighted by atomic mass is 10.1. The summed E-state index contributed by atoms with van der Waals surface area (Å²) in [7, 11) is 0. The van der Waals surface area contributed by atoms with Crippen LogP contribution in [0.1, 0.15) is 39.6 Å². The number of nitrogens with one attached hydrogen (secondary N) is 1. The van der Waals surface area contributed by atoms with Crippen molar-refractivity contribution in [2.24, 2.45) is 0 Å². The molecule has 3 aromatic heterocycles. The number of aromatic nitrogens is 6. The largest absolute Gasteiger partial charge is 0.309 e. The summed E-state index contributed by atoms with van der Waals surface area (Å²) in [6.07, 6.45) is 0. The minimum Gasteiger partial charge on any atom is -0.309 e. The average Bonchev–Trinajstić information content (AvgIpc) is 3.22. The predicted octanol–water partition coefficient (Wildman–Crippen LogP) is 4.05. The zero-order valence-corrected chi connectivity index (χ0v) is 17.9. The summed E-state index contributed by atoms with van der Waals surface area (Å²) in [5.74, 6) is 0.624. The Labute approximate surface area is 170 Å². The number of fused-ring (bicyclic) bond motifs is 1. The summed E-state index contributed by atoms with van der Waals surface area (Å²) in [4.78, 5) is 22.1. The van der Waals surface area contributed by atoms with Crippen LogP contribution >= 0.6 is 23.1 Å². The first kappa shape index (κ1) is 18.8. The maximum atomic E-state index is 12.6. The van der Waals surface area contributed by atoms with E-state index in [4.69, 9.17) is 4.98 Å². The molecule has 7 nitrogen and oxygen atoms in total. The van der Waals surface area contributed by atoms with Crippen LogP contribution in [-0.2, 0) is 0 Å². The van der Waals surface area contributed by atoms with Crippen molar-refractivity contribution < 1.29 is 0 Å². The number of tetrazole rings is 1. The zero-order chi connectivity index (χ0) is 20.0. The number of hydrogen-bond acceptors (Lipinski definition) is 7. The lowest BCUT2D eigenvalue weighted by Crippen LogP contribution is -2.12. The van der Waals surface area contributed by atoms with E-state index in [0.29, 0.717) is 16.4 Å². The van der Waals surface area contributed by atoms with Crippen LogP contribution in [-0.4, -0.2) is 30.2 Å². The first-order valence-corrected chi connectivity index (χ1v) is 10.6. The van der Waals surface area contributed by atoms with Crippen molar-refractivity contribution >= 4 is 33.3 Å². The van der Waals surface area contributed by atoms with Crippen molar-refractivity contribution in [1.82, 2.24) is 30.2 Å². The Balaban J connectivity index is 1.67. The SMILES string of the molecule is Cc1ccc(-n2nnnc2S[C@H](C)c2nc3sc(C)c(C)c3c(=O)[nH]2)cc1C. The molecule has 0 bridgehead atoms. The Morgan fingerprint density at radius 3 is 2.71 bits per heavy atom. The van der Waals surface area contributed by atoms with Crippen LogP contribution in [0.3, 0.4) is 0 Å². The van der Waals surface area contributed by atoms with E-state index in [9.17, 15) is 4.79 Å². The molecule has 4 rings (SSSR count). The van der Waals surface area contributed by atoms with Gasteiger partial charge in [0.15, 0.2) is 0 Å². The molecule has 0 fully saturated rings. The maximum Gasteiger partial charge on any atom is 0.259 e. The Kier molecular flexibility index (Phi) is 4.80. The monoisotopic (exact) mass is 412 g/mol. The van der Waals surface area contributed by atoms with Gasteiger partial charge in [-0.05, 0) is 73.9 Å². The fourth-order valence-corrected chi connectivity index (χ4v) is 4.85. The number of aryl methyl sites for hydroxylation is 4. The Morgan fingerprint density at radius 1 is 1.18 bits per heavy atom. The number of benzene rings is 1. The van der Waals surface area contributed by atoms with Gasteiger partial charge in [-0.3, -0.25) is 4.79 Å². The van der Waals surface area contributed by atoms with Crippen LogP contribution in [0.2, 0.25) is 0 Å². The van der Waals surface area contributed by atoms with Crippen molar-refractivity contribution in [2.75, 3.05) is 0 Å². The third kappa shape index (κ3) is 3.24. The Hall–Kier alpha value is -2.52. The highest BCUT2D eigenvalue weighted by Crippen LogP contribution is 2.34. The molecule has 144 valence electrons. The van der Waals surface area contributed by atoms with Gasteiger partial charge in [-0.25, -0.2) is 4.98 Å². The number of thiophene rings is 1. The van der Waals surface area contributed by atoms with Gasteiger partial charge >= 0.3 is 0 Å². The fourth-order valence-electron chi connectivity index (χ4n) is 2.95. The molecule has 0 aliphatic rings. The zero-order valence-electron chi connectivity index (χ0n) is 16.3. The van der Waals surface area contributed by atoms with E-state index in [1.807, 2.05) is 26.8 Å². The normalized spacial score (nSPS) is 12.6.